The first-order chi connectivity index (χ1) is 12.4. The molecule has 3 rings (SSSR count). The molecule has 1 amide bonds. The number of carbonyl (C=O) groups is 1. The Kier molecular flexibility index (Phi) is 5.29. The van der Waals surface area contributed by atoms with Gasteiger partial charge in [0, 0.05) is 13.1 Å². The standard InChI is InChI=1S/C19H22N2O4S/c1-14(2)25-16-8-10-17(11-9-16)26(23,24)21-13-12-20-19(22)18(21)15-6-4-3-5-7-15/h3-11,14,18H,12-13H2,1-2H3,(H,20,22). The number of hydrogen-bond acceptors (Lipinski definition) is 4. The van der Waals surface area contributed by atoms with Gasteiger partial charge < -0.3 is 10.1 Å². The Morgan fingerprint density at radius 2 is 1.73 bits per heavy atom. The molecule has 0 saturated carbocycles. The van der Waals surface area contributed by atoms with Gasteiger partial charge in [-0.25, -0.2) is 8.42 Å². The molecule has 1 saturated heterocycles. The predicted octanol–water partition coefficient (Wildman–Crippen LogP) is 2.34. The highest BCUT2D eigenvalue weighted by molar-refractivity contribution is 7.89. The first-order valence-electron chi connectivity index (χ1n) is 8.51. The van der Waals surface area contributed by atoms with Crippen LogP contribution in [-0.4, -0.2) is 37.8 Å². The van der Waals surface area contributed by atoms with Crippen molar-refractivity contribution in [1.82, 2.24) is 9.62 Å². The number of carbonyl (C=O) groups excluding carboxylic acids is 1. The molecule has 1 aliphatic rings. The Balaban J connectivity index is 1.94. The monoisotopic (exact) mass is 374 g/mol. The number of nitrogens with zero attached hydrogens (tertiary/aromatic N) is 1. The molecule has 0 bridgehead atoms. The van der Waals surface area contributed by atoms with Crippen molar-refractivity contribution in [2.45, 2.75) is 30.9 Å². The summed E-state index contributed by atoms with van der Waals surface area (Å²) >= 11 is 0. The topological polar surface area (TPSA) is 75.7 Å². The maximum Gasteiger partial charge on any atom is 0.244 e. The maximum atomic E-state index is 13.2. The highest BCUT2D eigenvalue weighted by Gasteiger charge is 2.39. The summed E-state index contributed by atoms with van der Waals surface area (Å²) in [6, 6.07) is 14.4. The Morgan fingerprint density at radius 1 is 1.08 bits per heavy atom. The lowest BCUT2D eigenvalue weighted by Crippen LogP contribution is -2.52. The van der Waals surface area contributed by atoms with Gasteiger partial charge in [0.05, 0.1) is 11.0 Å². The molecule has 2 aromatic rings. The molecule has 1 aliphatic heterocycles. The summed E-state index contributed by atoms with van der Waals surface area (Å²) in [5, 5.41) is 2.75. The average Bonchev–Trinajstić information content (AvgIpc) is 2.62. The van der Waals surface area contributed by atoms with Crippen molar-refractivity contribution in [2.75, 3.05) is 13.1 Å². The van der Waals surface area contributed by atoms with Crippen molar-refractivity contribution in [2.24, 2.45) is 0 Å². The number of amides is 1. The van der Waals surface area contributed by atoms with Crippen LogP contribution >= 0.6 is 0 Å². The molecule has 0 radical (unpaired) electrons. The molecule has 7 heteroatoms. The Morgan fingerprint density at radius 3 is 2.35 bits per heavy atom. The maximum absolute atomic E-state index is 13.2. The summed E-state index contributed by atoms with van der Waals surface area (Å²) in [5.74, 6) is 0.292. The second-order valence-corrected chi connectivity index (χ2v) is 8.25. The zero-order chi connectivity index (χ0) is 18.7. The number of nitrogens with one attached hydrogen (secondary N) is 1. The molecule has 138 valence electrons. The van der Waals surface area contributed by atoms with Crippen LogP contribution in [0.4, 0.5) is 0 Å². The van der Waals surface area contributed by atoms with E-state index in [1.807, 2.05) is 19.9 Å². The number of ether oxygens (including phenoxy) is 1. The SMILES string of the molecule is CC(C)Oc1ccc(S(=O)(=O)N2CCNC(=O)C2c2ccccc2)cc1. The largest absolute Gasteiger partial charge is 0.491 e. The van der Waals surface area contributed by atoms with Crippen molar-refractivity contribution in [3.8, 4) is 5.75 Å². The van der Waals surface area contributed by atoms with Crippen molar-refractivity contribution >= 4 is 15.9 Å². The van der Waals surface area contributed by atoms with Gasteiger partial charge in [-0.3, -0.25) is 4.79 Å². The Bertz CT molecular complexity index is 864. The van der Waals surface area contributed by atoms with Crippen molar-refractivity contribution in [1.29, 1.82) is 0 Å². The average molecular weight is 374 g/mol. The molecular weight excluding hydrogens is 352 g/mol. The quantitative estimate of drug-likeness (QED) is 0.872. The number of benzene rings is 2. The predicted molar refractivity (Wildman–Crippen MR) is 98.3 cm³/mol. The van der Waals surface area contributed by atoms with Crippen LogP contribution in [0.25, 0.3) is 0 Å². The van der Waals surface area contributed by atoms with Crippen LogP contribution in [-0.2, 0) is 14.8 Å². The van der Waals surface area contributed by atoms with E-state index in [0.29, 0.717) is 11.3 Å². The first kappa shape index (κ1) is 18.4. The van der Waals surface area contributed by atoms with E-state index < -0.39 is 16.1 Å². The third kappa shape index (κ3) is 3.73. The number of sulfonamides is 1. The highest BCUT2D eigenvalue weighted by atomic mass is 32.2. The molecular formula is C19H22N2O4S. The lowest BCUT2D eigenvalue weighted by Gasteiger charge is -2.34. The zero-order valence-corrected chi connectivity index (χ0v) is 15.6. The van der Waals surface area contributed by atoms with Crippen LogP contribution in [0.3, 0.4) is 0 Å². The van der Waals surface area contributed by atoms with Gasteiger partial charge in [0.15, 0.2) is 0 Å². The van der Waals surface area contributed by atoms with Crippen LogP contribution in [0, 0.1) is 0 Å². The molecule has 1 heterocycles. The third-order valence-corrected chi connectivity index (χ3v) is 5.96. The van der Waals surface area contributed by atoms with E-state index in [2.05, 4.69) is 5.32 Å². The minimum Gasteiger partial charge on any atom is -0.491 e. The summed E-state index contributed by atoms with van der Waals surface area (Å²) in [6.07, 6.45) is 0.00529. The molecule has 1 atom stereocenters. The molecule has 0 aliphatic carbocycles. The highest BCUT2D eigenvalue weighted by Crippen LogP contribution is 2.30. The summed E-state index contributed by atoms with van der Waals surface area (Å²) in [5.41, 5.74) is 0.646. The fourth-order valence-electron chi connectivity index (χ4n) is 2.96. The van der Waals surface area contributed by atoms with Gasteiger partial charge >= 0.3 is 0 Å². The first-order valence-corrected chi connectivity index (χ1v) is 9.95. The molecule has 1 unspecified atom stereocenters. The third-order valence-electron chi connectivity index (χ3n) is 4.09. The van der Waals surface area contributed by atoms with Crippen LogP contribution in [0.1, 0.15) is 25.5 Å². The van der Waals surface area contributed by atoms with Crippen LogP contribution in [0.2, 0.25) is 0 Å². The van der Waals surface area contributed by atoms with E-state index >= 15 is 0 Å². The van der Waals surface area contributed by atoms with Gasteiger partial charge in [0.25, 0.3) is 0 Å². The second kappa shape index (κ2) is 7.47. The van der Waals surface area contributed by atoms with E-state index in [1.165, 1.54) is 16.4 Å². The molecule has 1 fully saturated rings. The molecule has 2 aromatic carbocycles. The van der Waals surface area contributed by atoms with Crippen molar-refractivity contribution < 1.29 is 17.9 Å². The van der Waals surface area contributed by atoms with E-state index in [4.69, 9.17) is 4.74 Å². The van der Waals surface area contributed by atoms with Gasteiger partial charge in [0.1, 0.15) is 11.8 Å². The van der Waals surface area contributed by atoms with Gasteiger partial charge in [0.2, 0.25) is 15.9 Å². The van der Waals surface area contributed by atoms with Gasteiger partial charge in [-0.2, -0.15) is 4.31 Å². The number of rotatable bonds is 5. The number of piperazine rings is 1. The number of hydrogen-bond donors (Lipinski definition) is 1. The van der Waals surface area contributed by atoms with Gasteiger partial charge in [-0.05, 0) is 43.7 Å². The van der Waals surface area contributed by atoms with E-state index in [1.54, 1.807) is 36.4 Å². The smallest absolute Gasteiger partial charge is 0.244 e. The van der Waals surface area contributed by atoms with Crippen molar-refractivity contribution in [3.05, 3.63) is 60.2 Å². The van der Waals surface area contributed by atoms with E-state index in [-0.39, 0.29) is 30.0 Å². The molecule has 0 spiro atoms. The fourth-order valence-corrected chi connectivity index (χ4v) is 4.53. The minimum absolute atomic E-state index is 0.00529. The van der Waals surface area contributed by atoms with Crippen molar-refractivity contribution in [3.63, 3.8) is 0 Å². The Labute approximate surface area is 153 Å². The molecule has 0 aromatic heterocycles. The Hall–Kier alpha value is -2.38. The van der Waals surface area contributed by atoms with Crippen LogP contribution in [0.15, 0.2) is 59.5 Å². The van der Waals surface area contributed by atoms with Crippen LogP contribution < -0.4 is 10.1 Å². The molecule has 1 N–H and O–H groups in total. The summed E-state index contributed by atoms with van der Waals surface area (Å²) in [4.78, 5) is 12.6. The summed E-state index contributed by atoms with van der Waals surface area (Å²) in [7, 11) is -3.82. The minimum atomic E-state index is -3.82. The van der Waals surface area contributed by atoms with E-state index in [0.717, 1.165) is 0 Å². The second-order valence-electron chi connectivity index (χ2n) is 6.36. The summed E-state index contributed by atoms with van der Waals surface area (Å²) in [6.45, 7) is 4.32. The molecule has 26 heavy (non-hydrogen) atoms. The van der Waals surface area contributed by atoms with Gasteiger partial charge in [-0.15, -0.1) is 0 Å². The normalized spacial score (nSPS) is 18.6. The summed E-state index contributed by atoms with van der Waals surface area (Å²) < 4.78 is 33.1. The lowest BCUT2D eigenvalue weighted by molar-refractivity contribution is -0.126. The van der Waals surface area contributed by atoms with E-state index in [9.17, 15) is 13.2 Å². The zero-order valence-electron chi connectivity index (χ0n) is 14.8. The lowest BCUT2D eigenvalue weighted by atomic mass is 10.1. The van der Waals surface area contributed by atoms with Gasteiger partial charge in [-0.1, -0.05) is 30.3 Å². The van der Waals surface area contributed by atoms with Crippen LogP contribution in [0.5, 0.6) is 5.75 Å². The molecule has 6 nitrogen and oxygen atoms in total. The fraction of sp³-hybridized carbons (Fsp3) is 0.316.